The molecule has 1 aliphatic heterocycles. The van der Waals surface area contributed by atoms with E-state index in [4.69, 9.17) is 4.74 Å². The van der Waals surface area contributed by atoms with E-state index in [1.165, 1.54) is 4.90 Å². The van der Waals surface area contributed by atoms with Crippen molar-refractivity contribution in [3.63, 3.8) is 0 Å². The second-order valence-corrected chi connectivity index (χ2v) is 9.43. The number of carbonyl (C=O) groups excluding carboxylic acids is 3. The van der Waals surface area contributed by atoms with Crippen molar-refractivity contribution in [2.45, 2.75) is 20.3 Å². The molecule has 1 saturated heterocycles. The van der Waals surface area contributed by atoms with Crippen molar-refractivity contribution in [3.05, 3.63) is 71.3 Å². The quantitative estimate of drug-likeness (QED) is 0.329. The van der Waals surface area contributed by atoms with Crippen LogP contribution in [0.25, 0.3) is 0 Å². The van der Waals surface area contributed by atoms with E-state index in [1.54, 1.807) is 24.3 Å². The molecule has 156 valence electrons. The summed E-state index contributed by atoms with van der Waals surface area (Å²) in [4.78, 5) is 40.3. The fourth-order valence-electron chi connectivity index (χ4n) is 6.12. The molecule has 0 aromatic heterocycles. The molecule has 0 N–H and O–H groups in total. The fourth-order valence-corrected chi connectivity index (χ4v) is 6.12. The Kier molecular flexibility index (Phi) is 3.83. The number of amides is 2. The Balaban J connectivity index is 1.23. The predicted molar refractivity (Wildman–Crippen MR) is 115 cm³/mol. The molecule has 6 atom stereocenters. The van der Waals surface area contributed by atoms with Gasteiger partial charge in [0.2, 0.25) is 11.8 Å². The molecule has 2 aromatic carbocycles. The van der Waals surface area contributed by atoms with E-state index in [2.05, 4.69) is 12.2 Å². The highest BCUT2D eigenvalue weighted by molar-refractivity contribution is 6.22. The van der Waals surface area contributed by atoms with E-state index in [0.717, 1.165) is 17.5 Å². The van der Waals surface area contributed by atoms with Crippen molar-refractivity contribution < 1.29 is 19.1 Å². The smallest absolute Gasteiger partial charge is 0.343 e. The van der Waals surface area contributed by atoms with Crippen molar-refractivity contribution in [3.8, 4) is 5.75 Å². The Hall–Kier alpha value is -3.21. The molecule has 2 aromatic rings. The van der Waals surface area contributed by atoms with Crippen molar-refractivity contribution in [1.82, 2.24) is 0 Å². The summed E-state index contributed by atoms with van der Waals surface area (Å²) >= 11 is 0. The van der Waals surface area contributed by atoms with Gasteiger partial charge in [-0.1, -0.05) is 18.2 Å². The number of nitrogens with zero attached hydrogens (tertiary/aromatic N) is 1. The molecule has 5 nitrogen and oxygen atoms in total. The van der Waals surface area contributed by atoms with Gasteiger partial charge >= 0.3 is 5.97 Å². The molecule has 7 rings (SSSR count). The summed E-state index contributed by atoms with van der Waals surface area (Å²) in [6, 6.07) is 12.2. The van der Waals surface area contributed by atoms with Crippen molar-refractivity contribution in [1.29, 1.82) is 0 Å². The average Bonchev–Trinajstić information content (AvgIpc) is 3.51. The van der Waals surface area contributed by atoms with Gasteiger partial charge in [0.25, 0.3) is 0 Å². The number of benzene rings is 2. The largest absolute Gasteiger partial charge is 0.423 e. The number of carbonyl (C=O) groups is 3. The van der Waals surface area contributed by atoms with Crippen LogP contribution < -0.4 is 9.64 Å². The molecular formula is C26H23NO4. The summed E-state index contributed by atoms with van der Waals surface area (Å²) in [5.41, 5.74) is 2.95. The lowest BCUT2D eigenvalue weighted by molar-refractivity contribution is -0.124. The first-order chi connectivity index (χ1) is 14.9. The zero-order chi connectivity index (χ0) is 21.4. The van der Waals surface area contributed by atoms with Gasteiger partial charge in [-0.3, -0.25) is 14.5 Å². The SMILES string of the molecule is Cc1cc(C)cc(OC(=O)c2ccc(N3C(=O)[C@@H]4[C@H]5C=C[C@@H]([C@@H]6C[C@H]56)[C@H]4C3=O)cc2)c1. The van der Waals surface area contributed by atoms with E-state index < -0.39 is 5.97 Å². The summed E-state index contributed by atoms with van der Waals surface area (Å²) in [5.74, 6) is 0.970. The molecule has 5 aliphatic rings. The molecule has 0 unspecified atom stereocenters. The number of aryl methyl sites for hydroxylation is 2. The Morgan fingerprint density at radius 3 is 1.97 bits per heavy atom. The standard InChI is InChI=1S/C26H23NO4/c1-13-9-14(2)11-17(10-13)31-26(30)15-3-5-16(6-4-15)27-24(28)22-18-7-8-19(21-12-20(18)21)23(22)25(27)29/h3-11,18-23H,12H2,1-2H3/t18-,19-,20-,21+,22+,23+/m0/s1. The monoisotopic (exact) mass is 413 g/mol. The number of ether oxygens (including phenoxy) is 1. The normalized spacial score (nSPS) is 32.1. The zero-order valence-electron chi connectivity index (χ0n) is 17.4. The highest BCUT2D eigenvalue weighted by Gasteiger charge is 2.67. The first-order valence-corrected chi connectivity index (χ1v) is 10.9. The number of esters is 1. The van der Waals surface area contributed by atoms with Crippen LogP contribution >= 0.6 is 0 Å². The molecular weight excluding hydrogens is 390 g/mol. The van der Waals surface area contributed by atoms with Crippen LogP contribution in [0.4, 0.5) is 5.69 Å². The summed E-state index contributed by atoms with van der Waals surface area (Å²) in [6.07, 6.45) is 5.48. The number of hydrogen-bond acceptors (Lipinski definition) is 4. The lowest BCUT2D eigenvalue weighted by Crippen LogP contribution is -2.40. The van der Waals surface area contributed by atoms with Gasteiger partial charge in [-0.15, -0.1) is 0 Å². The van der Waals surface area contributed by atoms with Crippen LogP contribution in [0, 0.1) is 49.4 Å². The Labute approximate surface area is 180 Å². The molecule has 3 fully saturated rings. The first-order valence-electron chi connectivity index (χ1n) is 10.9. The van der Waals surface area contributed by atoms with E-state index >= 15 is 0 Å². The second-order valence-electron chi connectivity index (χ2n) is 9.43. The van der Waals surface area contributed by atoms with Crippen LogP contribution in [-0.4, -0.2) is 17.8 Å². The minimum absolute atomic E-state index is 0.0923. The minimum Gasteiger partial charge on any atom is -0.423 e. The molecule has 2 bridgehead atoms. The van der Waals surface area contributed by atoms with Gasteiger partial charge in [0, 0.05) is 0 Å². The maximum Gasteiger partial charge on any atom is 0.343 e. The Morgan fingerprint density at radius 2 is 1.42 bits per heavy atom. The minimum atomic E-state index is -0.466. The molecule has 31 heavy (non-hydrogen) atoms. The molecule has 5 heteroatoms. The van der Waals surface area contributed by atoms with Crippen LogP contribution in [0.2, 0.25) is 0 Å². The van der Waals surface area contributed by atoms with Gasteiger partial charge in [0.15, 0.2) is 0 Å². The number of rotatable bonds is 3. The molecule has 4 aliphatic carbocycles. The van der Waals surface area contributed by atoms with Gasteiger partial charge in [-0.25, -0.2) is 4.79 Å². The summed E-state index contributed by atoms with van der Waals surface area (Å²) in [7, 11) is 0. The van der Waals surface area contributed by atoms with E-state index in [1.807, 2.05) is 32.0 Å². The van der Waals surface area contributed by atoms with Crippen LogP contribution in [0.1, 0.15) is 27.9 Å². The summed E-state index contributed by atoms with van der Waals surface area (Å²) < 4.78 is 5.51. The maximum absolute atomic E-state index is 13.2. The van der Waals surface area contributed by atoms with E-state index in [0.29, 0.717) is 28.8 Å². The maximum atomic E-state index is 13.2. The van der Waals surface area contributed by atoms with Crippen LogP contribution in [0.5, 0.6) is 5.75 Å². The number of allylic oxidation sites excluding steroid dienone is 2. The third-order valence-corrected chi connectivity index (χ3v) is 7.43. The summed E-state index contributed by atoms with van der Waals surface area (Å²) in [5, 5.41) is 0. The third-order valence-electron chi connectivity index (χ3n) is 7.43. The molecule has 0 spiro atoms. The van der Waals surface area contributed by atoms with Crippen LogP contribution in [0.3, 0.4) is 0 Å². The zero-order valence-corrected chi connectivity index (χ0v) is 17.4. The molecule has 1 heterocycles. The first kappa shape index (κ1) is 18.6. The second kappa shape index (κ2) is 6.39. The van der Waals surface area contributed by atoms with E-state index in [9.17, 15) is 14.4 Å². The number of anilines is 1. The third kappa shape index (κ3) is 2.72. The van der Waals surface area contributed by atoms with Crippen molar-refractivity contribution in [2.24, 2.45) is 35.5 Å². The average molecular weight is 413 g/mol. The van der Waals surface area contributed by atoms with Gasteiger partial charge in [0.05, 0.1) is 23.1 Å². The van der Waals surface area contributed by atoms with E-state index in [-0.39, 0.29) is 35.5 Å². The lowest BCUT2D eigenvalue weighted by atomic mass is 9.63. The Bertz CT molecular complexity index is 1110. The predicted octanol–water partition coefficient (Wildman–Crippen LogP) is 4.08. The molecule has 2 amide bonds. The van der Waals surface area contributed by atoms with Crippen LogP contribution in [0.15, 0.2) is 54.6 Å². The highest BCUT2D eigenvalue weighted by Crippen LogP contribution is 2.65. The van der Waals surface area contributed by atoms with Gasteiger partial charge in [0.1, 0.15) is 5.75 Å². The lowest BCUT2D eigenvalue weighted by Gasteiger charge is -2.37. The van der Waals surface area contributed by atoms with Gasteiger partial charge in [-0.2, -0.15) is 0 Å². The number of imide groups is 1. The van der Waals surface area contributed by atoms with Crippen LogP contribution in [-0.2, 0) is 9.59 Å². The number of hydrogen-bond donors (Lipinski definition) is 0. The van der Waals surface area contributed by atoms with Crippen molar-refractivity contribution >= 4 is 23.5 Å². The van der Waals surface area contributed by atoms with Crippen molar-refractivity contribution in [2.75, 3.05) is 4.90 Å². The molecule has 2 saturated carbocycles. The Morgan fingerprint density at radius 1 is 0.871 bits per heavy atom. The topological polar surface area (TPSA) is 63.7 Å². The summed E-state index contributed by atoms with van der Waals surface area (Å²) in [6.45, 7) is 3.90. The van der Waals surface area contributed by atoms with Gasteiger partial charge in [-0.05, 0) is 91.5 Å². The molecule has 0 radical (unpaired) electrons. The highest BCUT2D eigenvalue weighted by atomic mass is 16.5. The van der Waals surface area contributed by atoms with Gasteiger partial charge < -0.3 is 4.74 Å². The fraction of sp³-hybridized carbons (Fsp3) is 0.346.